The van der Waals surface area contributed by atoms with Crippen LogP contribution in [0, 0.1) is 13.8 Å². The Hall–Kier alpha value is -2.44. The second-order valence-corrected chi connectivity index (χ2v) is 10.3. The average Bonchev–Trinajstić information content (AvgIpc) is 3.44. The van der Waals surface area contributed by atoms with Gasteiger partial charge in [0.05, 0.1) is 38.6 Å². The molecule has 35 heavy (non-hydrogen) atoms. The van der Waals surface area contributed by atoms with Crippen molar-refractivity contribution in [2.24, 2.45) is 5.73 Å². The van der Waals surface area contributed by atoms with E-state index in [1.807, 2.05) is 49.4 Å². The number of rotatable bonds is 3. The fourth-order valence-corrected chi connectivity index (χ4v) is 5.89. The number of benzene rings is 2. The number of fused-ring (bicyclic) bond motifs is 2. The average molecular weight is 514 g/mol. The second-order valence-electron chi connectivity index (χ2n) is 8.75. The Morgan fingerprint density at radius 1 is 1.11 bits per heavy atom. The lowest BCUT2D eigenvalue weighted by molar-refractivity contribution is -0.309. The van der Waals surface area contributed by atoms with Crippen molar-refractivity contribution in [3.05, 3.63) is 69.7 Å². The van der Waals surface area contributed by atoms with Crippen molar-refractivity contribution in [3.8, 4) is 5.69 Å². The van der Waals surface area contributed by atoms with E-state index in [2.05, 4.69) is 15.1 Å². The van der Waals surface area contributed by atoms with Gasteiger partial charge in [-0.1, -0.05) is 41.9 Å². The van der Waals surface area contributed by atoms with Crippen LogP contribution in [0.3, 0.4) is 0 Å². The lowest BCUT2D eigenvalue weighted by Crippen LogP contribution is -2.62. The largest absolute Gasteiger partial charge is 0.388 e. The molecule has 3 unspecified atom stereocenters. The standard InChI is InChI=1S/C24H24ClN5O4S/c1-11-27-23(30(29-11)15-9-8-14-22(17(15)25)35-12(2)28-14)21-19(31)18(26)20-16(33-21)10-32-24(34-20)13-6-4-3-5-7-13/h3-9,16,18-21,24,31H,10,26H2,1-2H3/t16?,18-,19?,20+,21-,24?/m1/s1. The normalized spacial score (nSPS) is 28.8. The molecule has 9 nitrogen and oxygen atoms in total. The van der Waals surface area contributed by atoms with Gasteiger partial charge >= 0.3 is 0 Å². The zero-order chi connectivity index (χ0) is 24.3. The molecular weight excluding hydrogens is 490 g/mol. The van der Waals surface area contributed by atoms with Crippen molar-refractivity contribution in [1.82, 2.24) is 19.7 Å². The van der Waals surface area contributed by atoms with E-state index < -0.39 is 36.7 Å². The molecule has 4 aromatic rings. The fraction of sp³-hybridized carbons (Fsp3) is 0.375. The number of aryl methyl sites for hydroxylation is 2. The zero-order valence-corrected chi connectivity index (χ0v) is 20.6. The lowest BCUT2D eigenvalue weighted by Gasteiger charge is -2.46. The van der Waals surface area contributed by atoms with Gasteiger partial charge in [0.15, 0.2) is 12.1 Å². The molecule has 0 aliphatic carbocycles. The van der Waals surface area contributed by atoms with E-state index in [9.17, 15) is 5.11 Å². The summed E-state index contributed by atoms with van der Waals surface area (Å²) in [5, 5.41) is 17.2. The number of nitrogens with zero attached hydrogens (tertiary/aromatic N) is 4. The number of aromatic nitrogens is 4. The molecule has 2 aliphatic heterocycles. The molecule has 0 bridgehead atoms. The molecular formula is C24H24ClN5O4S. The molecule has 11 heteroatoms. The van der Waals surface area contributed by atoms with Crippen LogP contribution in [0.15, 0.2) is 42.5 Å². The van der Waals surface area contributed by atoms with Gasteiger partial charge in [-0.15, -0.1) is 11.3 Å². The predicted molar refractivity (Wildman–Crippen MR) is 131 cm³/mol. The summed E-state index contributed by atoms with van der Waals surface area (Å²) in [6.07, 6.45) is -3.52. The molecule has 2 fully saturated rings. The van der Waals surface area contributed by atoms with Gasteiger partial charge in [0.1, 0.15) is 30.2 Å². The fourth-order valence-electron chi connectivity index (χ4n) is 4.68. The van der Waals surface area contributed by atoms with Crippen molar-refractivity contribution in [2.75, 3.05) is 6.61 Å². The molecule has 2 aromatic carbocycles. The molecule has 4 heterocycles. The molecule has 0 spiro atoms. The van der Waals surface area contributed by atoms with Crippen LogP contribution in [0.4, 0.5) is 0 Å². The van der Waals surface area contributed by atoms with Crippen LogP contribution in [0.5, 0.6) is 0 Å². The van der Waals surface area contributed by atoms with Crippen molar-refractivity contribution >= 4 is 33.2 Å². The number of halogens is 1. The Morgan fingerprint density at radius 3 is 2.71 bits per heavy atom. The number of hydrogen-bond acceptors (Lipinski definition) is 9. The summed E-state index contributed by atoms with van der Waals surface area (Å²) in [5.74, 6) is 0.931. The van der Waals surface area contributed by atoms with Crippen molar-refractivity contribution in [2.45, 2.75) is 50.6 Å². The van der Waals surface area contributed by atoms with Crippen molar-refractivity contribution in [3.63, 3.8) is 0 Å². The minimum absolute atomic E-state index is 0.265. The third-order valence-corrected chi connectivity index (χ3v) is 7.84. The van der Waals surface area contributed by atoms with Crippen LogP contribution < -0.4 is 5.73 Å². The topological polar surface area (TPSA) is 118 Å². The molecule has 0 saturated carbocycles. The second kappa shape index (κ2) is 8.90. The highest BCUT2D eigenvalue weighted by atomic mass is 35.5. The van der Waals surface area contributed by atoms with Gasteiger partial charge in [-0.3, -0.25) is 0 Å². The number of ether oxygens (including phenoxy) is 3. The summed E-state index contributed by atoms with van der Waals surface area (Å²) in [5.41, 5.74) is 8.84. The van der Waals surface area contributed by atoms with Crippen LogP contribution in [-0.2, 0) is 14.2 Å². The molecule has 182 valence electrons. The highest BCUT2D eigenvalue weighted by Crippen LogP contribution is 2.40. The zero-order valence-electron chi connectivity index (χ0n) is 19.0. The molecule has 2 aromatic heterocycles. The monoisotopic (exact) mass is 513 g/mol. The van der Waals surface area contributed by atoms with Gasteiger partial charge in [-0.2, -0.15) is 5.10 Å². The highest BCUT2D eigenvalue weighted by Gasteiger charge is 2.49. The third kappa shape index (κ3) is 3.95. The van der Waals surface area contributed by atoms with Crippen LogP contribution in [0.1, 0.15) is 34.6 Å². The van der Waals surface area contributed by atoms with Crippen molar-refractivity contribution < 1.29 is 19.3 Å². The van der Waals surface area contributed by atoms with Gasteiger partial charge in [0, 0.05) is 5.56 Å². The quantitative estimate of drug-likeness (QED) is 0.428. The Morgan fingerprint density at radius 2 is 1.91 bits per heavy atom. The van der Waals surface area contributed by atoms with E-state index >= 15 is 0 Å². The van der Waals surface area contributed by atoms with Crippen LogP contribution in [0.25, 0.3) is 15.9 Å². The predicted octanol–water partition coefficient (Wildman–Crippen LogP) is 3.39. The summed E-state index contributed by atoms with van der Waals surface area (Å²) in [4.78, 5) is 9.08. The van der Waals surface area contributed by atoms with Gasteiger partial charge in [-0.05, 0) is 26.0 Å². The number of hydrogen-bond donors (Lipinski definition) is 2. The van der Waals surface area contributed by atoms with Gasteiger partial charge in [0.25, 0.3) is 0 Å². The Balaban J connectivity index is 1.32. The molecule has 0 amide bonds. The first kappa shape index (κ1) is 23.0. The van der Waals surface area contributed by atoms with Gasteiger partial charge in [0.2, 0.25) is 0 Å². The SMILES string of the molecule is Cc1nc([C@@H]2OC3COC(c4ccccc4)O[C@@H]3[C@H](N)C2O)n(-c2ccc3nc(C)sc3c2Cl)n1. The summed E-state index contributed by atoms with van der Waals surface area (Å²) < 4.78 is 20.8. The maximum absolute atomic E-state index is 11.2. The van der Waals surface area contributed by atoms with Crippen LogP contribution in [-0.4, -0.2) is 55.8 Å². The minimum Gasteiger partial charge on any atom is -0.388 e. The first-order chi connectivity index (χ1) is 16.9. The third-order valence-electron chi connectivity index (χ3n) is 6.34. The molecule has 2 aliphatic rings. The number of aliphatic hydroxyl groups is 1. The first-order valence-electron chi connectivity index (χ1n) is 11.3. The van der Waals surface area contributed by atoms with Gasteiger partial charge < -0.3 is 25.1 Å². The highest BCUT2D eigenvalue weighted by molar-refractivity contribution is 7.19. The molecule has 6 rings (SSSR count). The summed E-state index contributed by atoms with van der Waals surface area (Å²) in [6.45, 7) is 3.98. The summed E-state index contributed by atoms with van der Waals surface area (Å²) in [6, 6.07) is 12.6. The van der Waals surface area contributed by atoms with Crippen molar-refractivity contribution in [1.29, 1.82) is 0 Å². The Kier molecular flexibility index (Phi) is 5.84. The maximum atomic E-state index is 11.2. The molecule has 6 atom stereocenters. The van der Waals surface area contributed by atoms with E-state index in [0.29, 0.717) is 22.4 Å². The molecule has 3 N–H and O–H groups in total. The number of nitrogens with two attached hydrogens (primary N) is 1. The van der Waals surface area contributed by atoms with E-state index in [0.717, 1.165) is 20.8 Å². The Labute approximate surface area is 210 Å². The van der Waals surface area contributed by atoms with E-state index in [1.54, 1.807) is 11.6 Å². The van der Waals surface area contributed by atoms with E-state index in [1.165, 1.54) is 11.3 Å². The van der Waals surface area contributed by atoms with Gasteiger partial charge in [-0.25, -0.2) is 14.6 Å². The Bertz CT molecular complexity index is 1380. The maximum Gasteiger partial charge on any atom is 0.184 e. The smallest absolute Gasteiger partial charge is 0.184 e. The minimum atomic E-state index is -1.08. The number of aliphatic hydroxyl groups excluding tert-OH is 1. The molecule has 2 saturated heterocycles. The lowest BCUT2D eigenvalue weighted by atomic mass is 9.92. The van der Waals surface area contributed by atoms with E-state index in [4.69, 9.17) is 31.5 Å². The summed E-state index contributed by atoms with van der Waals surface area (Å²) >= 11 is 8.29. The van der Waals surface area contributed by atoms with Crippen LogP contribution in [0.2, 0.25) is 5.02 Å². The van der Waals surface area contributed by atoms with Crippen LogP contribution >= 0.6 is 22.9 Å². The number of thiazole rings is 1. The first-order valence-corrected chi connectivity index (χ1v) is 12.5. The molecule has 0 radical (unpaired) electrons. The summed E-state index contributed by atoms with van der Waals surface area (Å²) in [7, 11) is 0. The van der Waals surface area contributed by atoms with E-state index in [-0.39, 0.29) is 6.61 Å².